The summed E-state index contributed by atoms with van der Waals surface area (Å²) in [5, 5.41) is 20.5. The number of likely N-dealkylation sites (N-methyl/N-ethyl adjacent to an activating group) is 1. The minimum Gasteiger partial charge on any atom is -0.465 e. The molecule has 0 fully saturated rings. The van der Waals surface area contributed by atoms with E-state index in [1.54, 1.807) is 38.5 Å². The van der Waals surface area contributed by atoms with Gasteiger partial charge >= 0.3 is 6.03 Å². The molecule has 0 aliphatic heterocycles. The van der Waals surface area contributed by atoms with Crippen molar-refractivity contribution in [1.29, 1.82) is 0 Å². The van der Waals surface area contributed by atoms with Crippen LogP contribution in [0.2, 0.25) is 0 Å². The first-order valence-corrected chi connectivity index (χ1v) is 7.11. The zero-order chi connectivity index (χ0) is 15.2. The van der Waals surface area contributed by atoms with Crippen molar-refractivity contribution in [3.05, 3.63) is 29.2 Å². The first kappa shape index (κ1) is 15.2. The highest BCUT2D eigenvalue weighted by Crippen LogP contribution is 2.18. The highest BCUT2D eigenvalue weighted by Gasteiger charge is 2.16. The fraction of sp³-hybridized carbons (Fsp3) is 0.308. The summed E-state index contributed by atoms with van der Waals surface area (Å²) in [6, 6.07) is 3.01. The number of rotatable bonds is 5. The van der Waals surface area contributed by atoms with Crippen molar-refractivity contribution in [3.8, 4) is 0 Å². The van der Waals surface area contributed by atoms with Gasteiger partial charge in [-0.2, -0.15) is 0 Å². The van der Waals surface area contributed by atoms with Crippen molar-refractivity contribution >= 4 is 34.7 Å². The van der Waals surface area contributed by atoms with Crippen LogP contribution in [0.3, 0.4) is 0 Å². The van der Waals surface area contributed by atoms with E-state index >= 15 is 0 Å². The van der Waals surface area contributed by atoms with E-state index < -0.39 is 0 Å². The Labute approximate surface area is 125 Å². The quantitative estimate of drug-likeness (QED) is 0.883. The molecule has 0 saturated carbocycles. The van der Waals surface area contributed by atoms with Crippen LogP contribution in [-0.2, 0) is 0 Å². The van der Waals surface area contributed by atoms with Crippen molar-refractivity contribution in [3.63, 3.8) is 0 Å². The molecule has 7 nitrogen and oxygen atoms in total. The van der Waals surface area contributed by atoms with Crippen LogP contribution in [0, 0.1) is 0 Å². The number of aromatic nitrogens is 2. The van der Waals surface area contributed by atoms with E-state index in [1.165, 1.54) is 16.2 Å². The summed E-state index contributed by atoms with van der Waals surface area (Å²) in [6.07, 6.45) is 5.11. The molecule has 2 rings (SSSR count). The molecule has 21 heavy (non-hydrogen) atoms. The Morgan fingerprint density at radius 3 is 3.05 bits per heavy atom. The van der Waals surface area contributed by atoms with Crippen molar-refractivity contribution in [1.82, 2.24) is 15.1 Å². The van der Waals surface area contributed by atoms with Gasteiger partial charge < -0.3 is 14.4 Å². The summed E-state index contributed by atoms with van der Waals surface area (Å²) in [7, 11) is 1.61. The van der Waals surface area contributed by atoms with Gasteiger partial charge in [-0.05, 0) is 31.2 Å². The smallest absolute Gasteiger partial charge is 0.323 e. The van der Waals surface area contributed by atoms with Crippen LogP contribution in [0.15, 0.2) is 22.8 Å². The Balaban J connectivity index is 1.95. The van der Waals surface area contributed by atoms with Gasteiger partial charge in [0, 0.05) is 7.05 Å². The van der Waals surface area contributed by atoms with Crippen molar-refractivity contribution in [2.75, 3.05) is 19.0 Å². The highest BCUT2D eigenvalue weighted by atomic mass is 32.1. The molecule has 2 aromatic rings. The number of amides is 2. The average molecular weight is 308 g/mol. The monoisotopic (exact) mass is 308 g/mol. The molecule has 112 valence electrons. The second kappa shape index (κ2) is 7.00. The van der Waals surface area contributed by atoms with Gasteiger partial charge in [-0.25, -0.2) is 4.79 Å². The Bertz CT molecular complexity index is 609. The maximum absolute atomic E-state index is 11.9. The largest absolute Gasteiger partial charge is 0.465 e. The predicted molar refractivity (Wildman–Crippen MR) is 80.9 cm³/mol. The molecule has 0 aliphatic rings. The lowest BCUT2D eigenvalue weighted by atomic mass is 10.3. The van der Waals surface area contributed by atoms with Crippen molar-refractivity contribution < 1.29 is 14.3 Å². The van der Waals surface area contributed by atoms with Gasteiger partial charge in [0.05, 0.1) is 18.9 Å². The molecule has 1 atom stereocenters. The molecule has 0 saturated heterocycles. The van der Waals surface area contributed by atoms with E-state index in [4.69, 9.17) is 9.52 Å². The fourth-order valence-corrected chi connectivity index (χ4v) is 2.03. The van der Waals surface area contributed by atoms with Gasteiger partial charge in [0.25, 0.3) is 0 Å². The molecule has 2 aromatic heterocycles. The molecule has 2 amide bonds. The van der Waals surface area contributed by atoms with E-state index in [9.17, 15) is 4.79 Å². The molecule has 0 aliphatic carbocycles. The molecule has 2 N–H and O–H groups in total. The molecule has 0 aromatic carbocycles. The maximum Gasteiger partial charge on any atom is 0.323 e. The van der Waals surface area contributed by atoms with E-state index in [1.807, 2.05) is 6.07 Å². The number of furan rings is 1. The molecule has 1 unspecified atom stereocenters. The molecular weight excluding hydrogens is 292 g/mol. The van der Waals surface area contributed by atoms with Gasteiger partial charge in [-0.3, -0.25) is 5.32 Å². The lowest BCUT2D eigenvalue weighted by molar-refractivity contribution is 0.166. The van der Waals surface area contributed by atoms with Gasteiger partial charge in [0.1, 0.15) is 10.8 Å². The fourth-order valence-electron chi connectivity index (χ4n) is 1.39. The predicted octanol–water partition coefficient (Wildman–Crippen LogP) is 2.15. The summed E-state index contributed by atoms with van der Waals surface area (Å²) in [5.41, 5.74) is 0. The molecule has 0 radical (unpaired) electrons. The third-order valence-corrected chi connectivity index (χ3v) is 3.64. The van der Waals surface area contributed by atoms with Crippen LogP contribution in [-0.4, -0.2) is 45.9 Å². The van der Waals surface area contributed by atoms with Crippen LogP contribution in [0.5, 0.6) is 0 Å². The van der Waals surface area contributed by atoms with Crippen molar-refractivity contribution in [2.45, 2.75) is 13.0 Å². The summed E-state index contributed by atoms with van der Waals surface area (Å²) in [5.74, 6) is 0.715. The number of aliphatic hydroxyl groups excluding tert-OH is 1. The number of anilines is 1. The van der Waals surface area contributed by atoms with Gasteiger partial charge in [-0.1, -0.05) is 11.3 Å². The van der Waals surface area contributed by atoms with Crippen LogP contribution in [0.1, 0.15) is 17.7 Å². The topological polar surface area (TPSA) is 91.5 Å². The summed E-state index contributed by atoms with van der Waals surface area (Å²) in [4.78, 5) is 13.3. The highest BCUT2D eigenvalue weighted by molar-refractivity contribution is 7.16. The van der Waals surface area contributed by atoms with E-state index in [-0.39, 0.29) is 18.7 Å². The van der Waals surface area contributed by atoms with Crippen LogP contribution in [0.25, 0.3) is 12.2 Å². The number of nitrogens with zero attached hydrogens (tertiary/aromatic N) is 3. The Kier molecular flexibility index (Phi) is 5.07. The first-order chi connectivity index (χ1) is 10.1. The van der Waals surface area contributed by atoms with Crippen LogP contribution >= 0.6 is 11.3 Å². The third-order valence-electron chi connectivity index (χ3n) is 2.83. The zero-order valence-corrected chi connectivity index (χ0v) is 12.5. The molecule has 8 heteroatoms. The van der Waals surface area contributed by atoms with Gasteiger partial charge in [0.2, 0.25) is 5.13 Å². The standard InChI is InChI=1S/C13H16N4O3S/c1-9(8-18)17(2)13(19)14-12-16-15-11(21-12)6-5-10-4-3-7-20-10/h3-7,9,18H,8H2,1-2H3,(H,14,16,19)/b6-5+. The molecule has 2 heterocycles. The number of urea groups is 1. The maximum atomic E-state index is 11.9. The summed E-state index contributed by atoms with van der Waals surface area (Å²) < 4.78 is 5.17. The summed E-state index contributed by atoms with van der Waals surface area (Å²) >= 11 is 1.25. The molecular formula is C13H16N4O3S. The van der Waals surface area contributed by atoms with E-state index in [0.717, 1.165) is 0 Å². The average Bonchev–Trinajstić information content (AvgIpc) is 3.14. The number of hydrogen-bond donors (Lipinski definition) is 2. The minimum absolute atomic E-state index is 0.100. The van der Waals surface area contributed by atoms with E-state index in [2.05, 4.69) is 15.5 Å². The minimum atomic E-state index is -0.339. The van der Waals surface area contributed by atoms with Crippen LogP contribution in [0.4, 0.5) is 9.93 Å². The molecule has 0 bridgehead atoms. The Morgan fingerprint density at radius 2 is 2.38 bits per heavy atom. The van der Waals surface area contributed by atoms with Crippen molar-refractivity contribution in [2.24, 2.45) is 0 Å². The summed E-state index contributed by atoms with van der Waals surface area (Å²) in [6.45, 7) is 1.65. The second-order valence-corrected chi connectivity index (χ2v) is 5.38. The Morgan fingerprint density at radius 1 is 1.57 bits per heavy atom. The number of hydrogen-bond acceptors (Lipinski definition) is 6. The first-order valence-electron chi connectivity index (χ1n) is 6.30. The van der Waals surface area contributed by atoms with Gasteiger partial charge in [0.15, 0.2) is 0 Å². The number of carbonyl (C=O) groups is 1. The second-order valence-electron chi connectivity index (χ2n) is 4.37. The van der Waals surface area contributed by atoms with E-state index in [0.29, 0.717) is 15.9 Å². The Hall–Kier alpha value is -2.19. The lowest BCUT2D eigenvalue weighted by Gasteiger charge is -2.22. The number of aliphatic hydroxyl groups is 1. The lowest BCUT2D eigenvalue weighted by Crippen LogP contribution is -2.40. The number of nitrogens with one attached hydrogen (secondary N) is 1. The molecule has 0 spiro atoms. The zero-order valence-electron chi connectivity index (χ0n) is 11.7. The SMILES string of the molecule is CC(CO)N(C)C(=O)Nc1nnc(/C=C/c2ccco2)s1. The van der Waals surface area contributed by atoms with Gasteiger partial charge in [-0.15, -0.1) is 10.2 Å². The third kappa shape index (κ3) is 4.14. The number of carbonyl (C=O) groups excluding carboxylic acids is 1. The van der Waals surface area contributed by atoms with Crippen LogP contribution < -0.4 is 5.32 Å². The normalized spacial score (nSPS) is 12.5.